The summed E-state index contributed by atoms with van der Waals surface area (Å²) in [5, 5.41) is 7.73. The van der Waals surface area contributed by atoms with Crippen LogP contribution in [0.3, 0.4) is 0 Å². The average Bonchev–Trinajstić information content (AvgIpc) is 3.34. The molecule has 1 amide bonds. The zero-order chi connectivity index (χ0) is 24.2. The number of hydrogen-bond acceptors (Lipinski definition) is 9. The molecule has 0 aromatic carbocycles. The lowest BCUT2D eigenvalue weighted by molar-refractivity contribution is 0.100. The molecule has 0 saturated carbocycles. The molecule has 0 aliphatic carbocycles. The fraction of sp³-hybridized carbons (Fsp3) is 0.318. The summed E-state index contributed by atoms with van der Waals surface area (Å²) in [4.78, 5) is 23.1. The van der Waals surface area contributed by atoms with Crippen LogP contribution in [0.4, 0.5) is 31.9 Å². The van der Waals surface area contributed by atoms with E-state index in [4.69, 9.17) is 16.2 Å². The highest BCUT2D eigenvalue weighted by atomic mass is 32.1. The van der Waals surface area contributed by atoms with Crippen molar-refractivity contribution in [1.82, 2.24) is 9.97 Å². The topological polar surface area (TPSA) is 131 Å². The van der Waals surface area contributed by atoms with Crippen molar-refractivity contribution in [3.05, 3.63) is 57.9 Å². The first-order valence-corrected chi connectivity index (χ1v) is 11.5. The van der Waals surface area contributed by atoms with Crippen LogP contribution in [-0.4, -0.2) is 48.2 Å². The number of primary amides is 1. The summed E-state index contributed by atoms with van der Waals surface area (Å²) in [6.45, 7) is 3.83. The molecule has 0 unspecified atom stereocenters. The summed E-state index contributed by atoms with van der Waals surface area (Å²) in [5.74, 6) is -2.17. The zero-order valence-electron chi connectivity index (χ0n) is 18.4. The van der Waals surface area contributed by atoms with Crippen LogP contribution in [0.5, 0.6) is 0 Å². The van der Waals surface area contributed by atoms with E-state index < -0.39 is 23.6 Å². The van der Waals surface area contributed by atoms with Crippen molar-refractivity contribution in [2.75, 3.05) is 41.8 Å². The molecule has 0 spiro atoms. The van der Waals surface area contributed by atoms with E-state index in [1.807, 2.05) is 17.5 Å². The predicted molar refractivity (Wildman–Crippen MR) is 128 cm³/mol. The Morgan fingerprint density at radius 2 is 2.00 bits per heavy atom. The summed E-state index contributed by atoms with van der Waals surface area (Å²) < 4.78 is 34.9. The van der Waals surface area contributed by atoms with Crippen LogP contribution in [0.1, 0.15) is 28.2 Å². The highest BCUT2D eigenvalue weighted by molar-refractivity contribution is 7.10. The van der Waals surface area contributed by atoms with Gasteiger partial charge in [0.2, 0.25) is 0 Å². The Hall–Kier alpha value is -3.35. The first kappa shape index (κ1) is 23.8. The fourth-order valence-electron chi connectivity index (χ4n) is 3.59. The third-order valence-electron chi connectivity index (χ3n) is 5.30. The summed E-state index contributed by atoms with van der Waals surface area (Å²) in [6.07, 6.45) is 1.41. The van der Waals surface area contributed by atoms with Gasteiger partial charge in [0, 0.05) is 30.1 Å². The summed E-state index contributed by atoms with van der Waals surface area (Å²) in [6, 6.07) is 5.19. The molecule has 1 saturated heterocycles. The molecule has 12 heteroatoms. The number of ether oxygens (including phenoxy) is 1. The molecule has 180 valence electrons. The van der Waals surface area contributed by atoms with Crippen molar-refractivity contribution in [3.63, 3.8) is 0 Å². The van der Waals surface area contributed by atoms with Crippen LogP contribution in [-0.2, 0) is 4.74 Å². The summed E-state index contributed by atoms with van der Waals surface area (Å²) in [5.41, 5.74) is 11.6. The Morgan fingerprint density at radius 1 is 1.24 bits per heavy atom. The van der Waals surface area contributed by atoms with E-state index in [9.17, 15) is 13.6 Å². The monoisotopic (exact) mass is 489 g/mol. The normalized spacial score (nSPS) is 15.6. The quantitative estimate of drug-likeness (QED) is 0.380. The van der Waals surface area contributed by atoms with Crippen LogP contribution >= 0.6 is 11.3 Å². The van der Waals surface area contributed by atoms with Crippen LogP contribution in [0.15, 0.2) is 35.8 Å². The van der Waals surface area contributed by atoms with Gasteiger partial charge in [0.25, 0.3) is 5.91 Å². The van der Waals surface area contributed by atoms with E-state index in [1.54, 1.807) is 11.8 Å². The van der Waals surface area contributed by atoms with Crippen molar-refractivity contribution < 1.29 is 18.3 Å². The Kier molecular flexibility index (Phi) is 7.20. The summed E-state index contributed by atoms with van der Waals surface area (Å²) >= 11 is 1.47. The van der Waals surface area contributed by atoms with Gasteiger partial charge in [0.15, 0.2) is 23.3 Å². The van der Waals surface area contributed by atoms with Gasteiger partial charge in [-0.2, -0.15) is 0 Å². The minimum atomic E-state index is -0.888. The molecule has 3 aromatic rings. The molecule has 6 N–H and O–H groups in total. The molecule has 2 atom stereocenters. The van der Waals surface area contributed by atoms with Gasteiger partial charge in [0.05, 0.1) is 36.7 Å². The number of carbonyl (C=O) groups excluding carboxylic acids is 1. The Bertz CT molecular complexity index is 1150. The number of hydrogen-bond donors (Lipinski definition) is 4. The van der Waals surface area contributed by atoms with E-state index in [0.29, 0.717) is 26.3 Å². The van der Waals surface area contributed by atoms with Crippen LogP contribution in [0.25, 0.3) is 0 Å². The number of thiophene rings is 1. The summed E-state index contributed by atoms with van der Waals surface area (Å²) in [7, 11) is 0. The largest absolute Gasteiger partial charge is 0.378 e. The van der Waals surface area contributed by atoms with Crippen molar-refractivity contribution >= 4 is 40.4 Å². The van der Waals surface area contributed by atoms with E-state index >= 15 is 0 Å². The Labute approximate surface area is 199 Å². The maximum Gasteiger partial charge on any atom is 0.252 e. The number of pyridine rings is 2. The lowest BCUT2D eigenvalue weighted by Gasteiger charge is -2.28. The second kappa shape index (κ2) is 10.3. The first-order valence-electron chi connectivity index (χ1n) is 10.6. The molecule has 1 aliphatic rings. The van der Waals surface area contributed by atoms with E-state index in [0.717, 1.165) is 10.9 Å². The zero-order valence-corrected chi connectivity index (χ0v) is 19.2. The second-order valence-corrected chi connectivity index (χ2v) is 8.81. The van der Waals surface area contributed by atoms with Gasteiger partial charge >= 0.3 is 0 Å². The minimum absolute atomic E-state index is 0.0358. The molecule has 4 heterocycles. The Balaban J connectivity index is 1.63. The van der Waals surface area contributed by atoms with Crippen molar-refractivity contribution in [2.24, 2.45) is 11.5 Å². The Morgan fingerprint density at radius 3 is 2.62 bits per heavy atom. The molecule has 3 aromatic heterocycles. The molecule has 4 rings (SSSR count). The standard InChI is InChI=1S/C22H25F2N7O2S/c1-12(25)18(17-3-2-8-34-17)29-21-15(23)10-14(19(26)32)20(30-21)28-13-9-16(24)22(27-11-13)31-4-6-33-7-5-31/h2-3,8-12,18H,4-7,25H2,1H3,(H2,26,32)(H2,28,29,30)/t12-,18-/m0/s1. The average molecular weight is 490 g/mol. The van der Waals surface area contributed by atoms with Gasteiger partial charge in [-0.05, 0) is 24.4 Å². The lowest BCUT2D eigenvalue weighted by Crippen LogP contribution is -2.37. The third kappa shape index (κ3) is 5.24. The number of aromatic nitrogens is 2. The third-order valence-corrected chi connectivity index (χ3v) is 6.26. The van der Waals surface area contributed by atoms with Crippen molar-refractivity contribution in [1.29, 1.82) is 0 Å². The number of nitrogens with two attached hydrogens (primary N) is 2. The number of morpholine rings is 1. The SMILES string of the molecule is C[C@H](N)[C@H](Nc1nc(Nc2cnc(N3CCOCC3)c(F)c2)c(C(N)=O)cc1F)c1cccs1. The molecule has 1 aliphatic heterocycles. The number of amides is 1. The van der Waals surface area contributed by atoms with E-state index in [1.165, 1.54) is 23.6 Å². The number of carbonyl (C=O) groups is 1. The maximum absolute atomic E-state index is 14.8. The van der Waals surface area contributed by atoms with Crippen molar-refractivity contribution in [3.8, 4) is 0 Å². The molecular formula is C22H25F2N7O2S. The predicted octanol–water partition coefficient (Wildman–Crippen LogP) is 3.00. The number of nitrogens with zero attached hydrogens (tertiary/aromatic N) is 3. The van der Waals surface area contributed by atoms with Crippen molar-refractivity contribution in [2.45, 2.75) is 19.0 Å². The number of nitrogens with one attached hydrogen (secondary N) is 2. The second-order valence-electron chi connectivity index (χ2n) is 7.83. The number of halogens is 2. The van der Waals surface area contributed by atoms with E-state index in [2.05, 4.69) is 20.6 Å². The molecule has 1 fully saturated rings. The first-order chi connectivity index (χ1) is 16.3. The molecule has 0 radical (unpaired) electrons. The smallest absolute Gasteiger partial charge is 0.252 e. The van der Waals surface area contributed by atoms with Gasteiger partial charge in [-0.3, -0.25) is 4.79 Å². The molecular weight excluding hydrogens is 464 g/mol. The van der Waals surface area contributed by atoms with Gasteiger partial charge in [-0.1, -0.05) is 6.07 Å². The highest BCUT2D eigenvalue weighted by Crippen LogP contribution is 2.30. The minimum Gasteiger partial charge on any atom is -0.378 e. The maximum atomic E-state index is 14.8. The van der Waals surface area contributed by atoms with Crippen LogP contribution in [0.2, 0.25) is 0 Å². The van der Waals surface area contributed by atoms with Crippen LogP contribution < -0.4 is 27.0 Å². The molecule has 34 heavy (non-hydrogen) atoms. The fourth-order valence-corrected chi connectivity index (χ4v) is 4.49. The number of rotatable bonds is 8. The highest BCUT2D eigenvalue weighted by Gasteiger charge is 2.23. The number of anilines is 4. The van der Waals surface area contributed by atoms with Gasteiger partial charge in [0.1, 0.15) is 5.82 Å². The van der Waals surface area contributed by atoms with Gasteiger partial charge in [-0.25, -0.2) is 18.7 Å². The lowest BCUT2D eigenvalue weighted by atomic mass is 10.1. The molecule has 9 nitrogen and oxygen atoms in total. The van der Waals surface area contributed by atoms with Gasteiger partial charge in [-0.15, -0.1) is 11.3 Å². The van der Waals surface area contributed by atoms with Gasteiger partial charge < -0.3 is 31.7 Å². The molecule has 0 bridgehead atoms. The van der Waals surface area contributed by atoms with Crippen LogP contribution in [0, 0.1) is 11.6 Å². The van der Waals surface area contributed by atoms with E-state index in [-0.39, 0.29) is 34.7 Å².